The van der Waals surface area contributed by atoms with E-state index in [2.05, 4.69) is 22.9 Å². The van der Waals surface area contributed by atoms with Gasteiger partial charge in [0.2, 0.25) is 0 Å². The standard InChI is InChI=1S/C17H21NO2/c1-17(2,16(19)20)14-9-5-6-12-10-11-18(15(12)14)13-7-3-4-8-13/h5-6,9-11,13H,3-4,7-8H2,1-2H3,(H,19,20). The molecule has 0 bridgehead atoms. The number of para-hydroxylation sites is 1. The van der Waals surface area contributed by atoms with Gasteiger partial charge in [-0.1, -0.05) is 31.0 Å². The number of fused-ring (bicyclic) bond motifs is 1. The van der Waals surface area contributed by atoms with Crippen LogP contribution in [0.15, 0.2) is 30.5 Å². The Morgan fingerprint density at radius 2 is 1.95 bits per heavy atom. The van der Waals surface area contributed by atoms with Gasteiger partial charge in [-0.3, -0.25) is 4.79 Å². The number of rotatable bonds is 3. The van der Waals surface area contributed by atoms with Crippen LogP contribution in [0.25, 0.3) is 10.9 Å². The third-order valence-electron chi connectivity index (χ3n) is 4.67. The van der Waals surface area contributed by atoms with Crippen molar-refractivity contribution in [2.24, 2.45) is 0 Å². The summed E-state index contributed by atoms with van der Waals surface area (Å²) in [4.78, 5) is 11.6. The van der Waals surface area contributed by atoms with E-state index in [0.29, 0.717) is 6.04 Å². The summed E-state index contributed by atoms with van der Waals surface area (Å²) in [7, 11) is 0. The first kappa shape index (κ1) is 13.2. The fourth-order valence-electron chi connectivity index (χ4n) is 3.33. The monoisotopic (exact) mass is 271 g/mol. The Labute approximate surface area is 119 Å². The maximum atomic E-state index is 11.6. The van der Waals surface area contributed by atoms with Crippen LogP contribution in [0, 0.1) is 0 Å². The van der Waals surface area contributed by atoms with E-state index in [4.69, 9.17) is 0 Å². The Morgan fingerprint density at radius 1 is 1.25 bits per heavy atom. The maximum absolute atomic E-state index is 11.6. The number of aromatic nitrogens is 1. The maximum Gasteiger partial charge on any atom is 0.313 e. The van der Waals surface area contributed by atoms with Gasteiger partial charge in [-0.25, -0.2) is 0 Å². The van der Waals surface area contributed by atoms with Gasteiger partial charge >= 0.3 is 5.97 Å². The number of benzene rings is 1. The quantitative estimate of drug-likeness (QED) is 0.912. The van der Waals surface area contributed by atoms with E-state index in [0.717, 1.165) is 16.5 Å². The lowest BCUT2D eigenvalue weighted by Crippen LogP contribution is -2.29. The fourth-order valence-corrected chi connectivity index (χ4v) is 3.33. The van der Waals surface area contributed by atoms with Gasteiger partial charge in [0.15, 0.2) is 0 Å². The van der Waals surface area contributed by atoms with Crippen LogP contribution in [0.2, 0.25) is 0 Å². The minimum absolute atomic E-state index is 0.526. The van der Waals surface area contributed by atoms with Crippen molar-refractivity contribution < 1.29 is 9.90 Å². The van der Waals surface area contributed by atoms with E-state index in [-0.39, 0.29) is 0 Å². The predicted octanol–water partition coefficient (Wildman–Crippen LogP) is 4.12. The number of carboxylic acids is 1. The molecular formula is C17H21NO2. The zero-order chi connectivity index (χ0) is 14.3. The van der Waals surface area contributed by atoms with Crippen molar-refractivity contribution in [3.63, 3.8) is 0 Å². The van der Waals surface area contributed by atoms with Crippen LogP contribution in [0.1, 0.15) is 51.1 Å². The number of nitrogens with zero attached hydrogens (tertiary/aromatic N) is 1. The summed E-state index contributed by atoms with van der Waals surface area (Å²) in [5, 5.41) is 10.7. The van der Waals surface area contributed by atoms with Crippen LogP contribution in [0.4, 0.5) is 0 Å². The van der Waals surface area contributed by atoms with Crippen molar-refractivity contribution in [2.45, 2.75) is 51.0 Å². The lowest BCUT2D eigenvalue weighted by molar-refractivity contribution is -0.142. The summed E-state index contributed by atoms with van der Waals surface area (Å²) >= 11 is 0. The summed E-state index contributed by atoms with van der Waals surface area (Å²) < 4.78 is 2.31. The molecule has 3 nitrogen and oxygen atoms in total. The summed E-state index contributed by atoms with van der Waals surface area (Å²) in [5.74, 6) is -0.774. The molecule has 0 unspecified atom stereocenters. The van der Waals surface area contributed by atoms with Gasteiger partial charge in [-0.2, -0.15) is 0 Å². The Morgan fingerprint density at radius 3 is 2.60 bits per heavy atom. The number of carbonyl (C=O) groups is 1. The van der Waals surface area contributed by atoms with Gasteiger partial charge in [0.1, 0.15) is 0 Å². The molecule has 3 rings (SSSR count). The minimum Gasteiger partial charge on any atom is -0.481 e. The molecule has 1 aliphatic carbocycles. The Kier molecular flexibility index (Phi) is 3.08. The van der Waals surface area contributed by atoms with Gasteiger partial charge in [0, 0.05) is 12.2 Å². The molecule has 0 amide bonds. The third kappa shape index (κ3) is 1.92. The average Bonchev–Trinajstić information content (AvgIpc) is 3.06. The molecule has 1 N–H and O–H groups in total. The predicted molar refractivity (Wildman–Crippen MR) is 80.1 cm³/mol. The molecule has 1 aliphatic rings. The van der Waals surface area contributed by atoms with Crippen molar-refractivity contribution >= 4 is 16.9 Å². The summed E-state index contributed by atoms with van der Waals surface area (Å²) in [6, 6.07) is 8.62. The van der Waals surface area contributed by atoms with Crippen LogP contribution >= 0.6 is 0 Å². The zero-order valence-corrected chi connectivity index (χ0v) is 12.1. The second-order valence-electron chi connectivity index (χ2n) is 6.33. The van der Waals surface area contributed by atoms with Crippen LogP contribution in [0.3, 0.4) is 0 Å². The number of hydrogen-bond acceptors (Lipinski definition) is 1. The van der Waals surface area contributed by atoms with Gasteiger partial charge in [-0.15, -0.1) is 0 Å². The Bertz CT molecular complexity index is 648. The minimum atomic E-state index is -0.867. The summed E-state index contributed by atoms with van der Waals surface area (Å²) in [6.45, 7) is 3.58. The molecule has 0 atom stereocenters. The van der Waals surface area contributed by atoms with Gasteiger partial charge in [-0.05, 0) is 43.7 Å². The molecule has 106 valence electrons. The van der Waals surface area contributed by atoms with E-state index in [1.807, 2.05) is 12.1 Å². The molecule has 0 aliphatic heterocycles. The summed E-state index contributed by atoms with van der Waals surface area (Å²) in [5.41, 5.74) is 1.15. The van der Waals surface area contributed by atoms with Crippen molar-refractivity contribution in [1.82, 2.24) is 4.57 Å². The molecule has 0 spiro atoms. The van der Waals surface area contributed by atoms with E-state index in [1.54, 1.807) is 13.8 Å². The zero-order valence-electron chi connectivity index (χ0n) is 12.1. The first-order chi connectivity index (χ1) is 9.51. The van der Waals surface area contributed by atoms with Crippen molar-refractivity contribution in [3.8, 4) is 0 Å². The first-order valence-electron chi connectivity index (χ1n) is 7.35. The lowest BCUT2D eigenvalue weighted by Gasteiger charge is -2.24. The smallest absolute Gasteiger partial charge is 0.313 e. The highest BCUT2D eigenvalue weighted by molar-refractivity contribution is 5.91. The van der Waals surface area contributed by atoms with E-state index in [9.17, 15) is 9.90 Å². The molecular weight excluding hydrogens is 250 g/mol. The molecule has 1 heterocycles. The molecule has 0 radical (unpaired) electrons. The highest BCUT2D eigenvalue weighted by Gasteiger charge is 2.32. The molecule has 1 fully saturated rings. The molecule has 3 heteroatoms. The number of aliphatic carboxylic acids is 1. The lowest BCUT2D eigenvalue weighted by atomic mass is 9.83. The largest absolute Gasteiger partial charge is 0.481 e. The van der Waals surface area contributed by atoms with E-state index >= 15 is 0 Å². The highest BCUT2D eigenvalue weighted by atomic mass is 16.4. The Hall–Kier alpha value is -1.77. The highest BCUT2D eigenvalue weighted by Crippen LogP contribution is 2.37. The molecule has 0 saturated heterocycles. The Balaban J connectivity index is 2.22. The summed E-state index contributed by atoms with van der Waals surface area (Å²) in [6.07, 6.45) is 7.07. The van der Waals surface area contributed by atoms with Crippen molar-refractivity contribution in [2.75, 3.05) is 0 Å². The van der Waals surface area contributed by atoms with E-state index in [1.165, 1.54) is 25.7 Å². The molecule has 20 heavy (non-hydrogen) atoms. The average molecular weight is 271 g/mol. The van der Waals surface area contributed by atoms with Crippen LogP contribution in [-0.4, -0.2) is 15.6 Å². The van der Waals surface area contributed by atoms with Crippen LogP contribution in [-0.2, 0) is 10.2 Å². The van der Waals surface area contributed by atoms with Crippen molar-refractivity contribution in [1.29, 1.82) is 0 Å². The molecule has 1 saturated carbocycles. The van der Waals surface area contributed by atoms with Crippen LogP contribution in [0.5, 0.6) is 0 Å². The van der Waals surface area contributed by atoms with E-state index < -0.39 is 11.4 Å². The number of hydrogen-bond donors (Lipinski definition) is 1. The van der Waals surface area contributed by atoms with Crippen molar-refractivity contribution in [3.05, 3.63) is 36.0 Å². The molecule has 1 aromatic carbocycles. The number of carboxylic acid groups (broad SMARTS) is 1. The second kappa shape index (κ2) is 4.65. The van der Waals surface area contributed by atoms with Gasteiger partial charge < -0.3 is 9.67 Å². The first-order valence-corrected chi connectivity index (χ1v) is 7.35. The fraction of sp³-hybridized carbons (Fsp3) is 0.471. The molecule has 1 aromatic heterocycles. The normalized spacial score (nSPS) is 16.9. The van der Waals surface area contributed by atoms with Crippen LogP contribution < -0.4 is 0 Å². The third-order valence-corrected chi connectivity index (χ3v) is 4.67. The van der Waals surface area contributed by atoms with Gasteiger partial charge in [0.05, 0.1) is 10.9 Å². The topological polar surface area (TPSA) is 42.2 Å². The van der Waals surface area contributed by atoms with Gasteiger partial charge in [0.25, 0.3) is 0 Å². The second-order valence-corrected chi connectivity index (χ2v) is 6.33. The SMILES string of the molecule is CC(C)(C(=O)O)c1cccc2ccn(C3CCCC3)c12. The molecule has 2 aromatic rings.